The van der Waals surface area contributed by atoms with Crippen LogP contribution in [-0.2, 0) is 13.6 Å². The van der Waals surface area contributed by atoms with E-state index in [0.29, 0.717) is 22.3 Å². The van der Waals surface area contributed by atoms with Crippen LogP contribution in [0.2, 0.25) is 0 Å². The fourth-order valence-electron chi connectivity index (χ4n) is 4.46. The molecule has 42 heavy (non-hydrogen) atoms. The monoisotopic (exact) mass is 585 g/mol. The normalized spacial score (nSPS) is 11.3. The van der Waals surface area contributed by atoms with Gasteiger partial charge in [0, 0.05) is 38.6 Å². The van der Waals surface area contributed by atoms with E-state index in [4.69, 9.17) is 17.9 Å². The molecule has 0 aliphatic rings. The molecule has 208 valence electrons. The number of Topliss-reactive ketones (excluding diaryl/α,β-unsaturated/α-hetero) is 2. The summed E-state index contributed by atoms with van der Waals surface area (Å²) in [4.78, 5) is 25.2. The van der Waals surface area contributed by atoms with E-state index in [9.17, 15) is 22.9 Å². The van der Waals surface area contributed by atoms with Gasteiger partial charge in [-0.05, 0) is 24.3 Å². The highest BCUT2D eigenvalue weighted by Gasteiger charge is 2.27. The summed E-state index contributed by atoms with van der Waals surface area (Å²) in [6.45, 7) is -1.54. The van der Waals surface area contributed by atoms with Crippen molar-refractivity contribution >= 4 is 41.8 Å². The highest BCUT2D eigenvalue weighted by atomic mass is 31.1. The predicted molar refractivity (Wildman–Crippen MR) is 151 cm³/mol. The average molecular weight is 585 g/mol. The van der Waals surface area contributed by atoms with Crippen LogP contribution in [-0.4, -0.2) is 24.8 Å². The van der Waals surface area contributed by atoms with Crippen LogP contribution in [0.4, 0.5) is 8.78 Å². The Kier molecular flexibility index (Phi) is 7.54. The molecule has 0 saturated heterocycles. The molecule has 7 nitrogen and oxygen atoms in total. The fraction of sp³-hybridized carbons (Fsp3) is 0.0625. The van der Waals surface area contributed by atoms with E-state index in [1.165, 1.54) is 12.1 Å². The average Bonchev–Trinajstić information content (AvgIpc) is 3.62. The smallest absolute Gasteiger partial charge is 0.456 e. The molecule has 0 atom stereocenters. The van der Waals surface area contributed by atoms with Crippen molar-refractivity contribution in [1.82, 2.24) is 0 Å². The molecular formula is C32H20F2O7P+. The van der Waals surface area contributed by atoms with E-state index < -0.39 is 44.7 Å². The Morgan fingerprint density at radius 2 is 1.02 bits per heavy atom. The summed E-state index contributed by atoms with van der Waals surface area (Å²) in [6, 6.07) is 26.6. The van der Waals surface area contributed by atoms with E-state index in [0.717, 1.165) is 23.3 Å². The second-order valence-corrected chi connectivity index (χ2v) is 10.3. The van der Waals surface area contributed by atoms with Gasteiger partial charge in [0.25, 0.3) is 0 Å². The molecule has 2 heterocycles. The van der Waals surface area contributed by atoms with E-state index in [1.807, 2.05) is 60.7 Å². The molecule has 0 spiro atoms. The van der Waals surface area contributed by atoms with Gasteiger partial charge in [0.1, 0.15) is 34.3 Å². The number of carbonyl (C=O) groups excluding carboxylic acids is 2. The van der Waals surface area contributed by atoms with Gasteiger partial charge < -0.3 is 8.83 Å². The molecule has 0 N–H and O–H groups in total. The maximum atomic E-state index is 14.7. The molecule has 0 bridgehead atoms. The van der Waals surface area contributed by atoms with Crippen molar-refractivity contribution in [1.29, 1.82) is 0 Å². The van der Waals surface area contributed by atoms with Crippen molar-refractivity contribution in [3.63, 3.8) is 0 Å². The molecule has 6 aromatic rings. The summed E-state index contributed by atoms with van der Waals surface area (Å²) in [5.74, 6) is -2.24. The van der Waals surface area contributed by atoms with Gasteiger partial charge in [-0.25, -0.2) is 8.78 Å². The van der Waals surface area contributed by atoms with E-state index in [1.54, 1.807) is 12.1 Å². The summed E-state index contributed by atoms with van der Waals surface area (Å²) in [7, 11) is -2.94. The van der Waals surface area contributed by atoms with Crippen LogP contribution in [0.5, 0.6) is 0 Å². The van der Waals surface area contributed by atoms with Gasteiger partial charge in [-0.1, -0.05) is 60.7 Å². The first-order chi connectivity index (χ1) is 20.4. The highest BCUT2D eigenvalue weighted by Crippen LogP contribution is 2.32. The highest BCUT2D eigenvalue weighted by molar-refractivity contribution is 7.33. The van der Waals surface area contributed by atoms with Gasteiger partial charge in [0.15, 0.2) is 24.8 Å². The lowest BCUT2D eigenvalue weighted by Crippen LogP contribution is -2.11. The van der Waals surface area contributed by atoms with Gasteiger partial charge in [0.2, 0.25) is 0 Å². The molecule has 0 aliphatic heterocycles. The minimum Gasteiger partial charge on any atom is -0.456 e. The Bertz CT molecular complexity index is 1820. The maximum absolute atomic E-state index is 14.7. The summed E-state index contributed by atoms with van der Waals surface area (Å²) in [5.41, 5.74) is 1.52. The summed E-state index contributed by atoms with van der Waals surface area (Å²) in [5, 5.41) is 0.995. The first-order valence-corrected chi connectivity index (χ1v) is 13.8. The van der Waals surface area contributed by atoms with Crippen LogP contribution in [0, 0.1) is 11.6 Å². The summed E-state index contributed by atoms with van der Waals surface area (Å²) >= 11 is 0. The lowest BCUT2D eigenvalue weighted by molar-refractivity contribution is 0.0873. The van der Waals surface area contributed by atoms with Crippen LogP contribution in [0.1, 0.15) is 20.7 Å². The summed E-state index contributed by atoms with van der Waals surface area (Å²) in [6.07, 6.45) is 0. The van der Waals surface area contributed by atoms with E-state index in [-0.39, 0.29) is 22.3 Å². The first-order valence-electron chi connectivity index (χ1n) is 12.7. The van der Waals surface area contributed by atoms with Crippen molar-refractivity contribution in [2.75, 3.05) is 13.2 Å². The topological polar surface area (TPSA) is 96.0 Å². The van der Waals surface area contributed by atoms with Crippen molar-refractivity contribution in [2.45, 2.75) is 0 Å². The standard InChI is InChI=1S/C32H20F2O7P/c33-25-15-31-21(13-29(40-31)19-7-3-1-4-8-19)11-23(25)27(35)17-38-42(37)39-18-28(36)24-12-22-14-30(20-9-5-2-6-10-20)41-32(22)16-26(24)34/h1-16H,17-18H2/q+1. The zero-order valence-corrected chi connectivity index (χ0v) is 22.6. The van der Waals surface area contributed by atoms with Crippen molar-refractivity contribution in [2.24, 2.45) is 0 Å². The van der Waals surface area contributed by atoms with E-state index in [2.05, 4.69) is 0 Å². The molecule has 0 amide bonds. The third kappa shape index (κ3) is 5.66. The number of carbonyl (C=O) groups is 2. The van der Waals surface area contributed by atoms with E-state index >= 15 is 0 Å². The Labute approximate surface area is 238 Å². The second kappa shape index (κ2) is 11.6. The van der Waals surface area contributed by atoms with Gasteiger partial charge in [-0.15, -0.1) is 9.05 Å². The Morgan fingerprint density at radius 1 is 0.619 bits per heavy atom. The third-order valence-electron chi connectivity index (χ3n) is 6.53. The molecule has 2 aromatic heterocycles. The van der Waals surface area contributed by atoms with Gasteiger partial charge in [-0.3, -0.25) is 9.59 Å². The summed E-state index contributed by atoms with van der Waals surface area (Å²) < 4.78 is 62.8. The Hall–Kier alpha value is -4.82. The number of hydrogen-bond donors (Lipinski definition) is 0. The van der Waals surface area contributed by atoms with Crippen molar-refractivity contribution in [3.05, 3.63) is 120 Å². The molecular weight excluding hydrogens is 565 g/mol. The maximum Gasteiger partial charge on any atom is 0.698 e. The minimum absolute atomic E-state index is 0.258. The van der Waals surface area contributed by atoms with Crippen LogP contribution in [0.3, 0.4) is 0 Å². The van der Waals surface area contributed by atoms with Crippen molar-refractivity contribution in [3.8, 4) is 22.6 Å². The Balaban J connectivity index is 1.08. The molecule has 6 rings (SSSR count). The van der Waals surface area contributed by atoms with Gasteiger partial charge in [-0.2, -0.15) is 0 Å². The molecule has 0 radical (unpaired) electrons. The molecule has 0 fully saturated rings. The van der Waals surface area contributed by atoms with Crippen LogP contribution in [0.15, 0.2) is 106 Å². The number of rotatable bonds is 10. The Morgan fingerprint density at radius 3 is 1.43 bits per heavy atom. The van der Waals surface area contributed by atoms with Gasteiger partial charge >= 0.3 is 8.25 Å². The lowest BCUT2D eigenvalue weighted by atomic mass is 10.1. The number of furan rings is 2. The second-order valence-electron chi connectivity index (χ2n) is 9.31. The quantitative estimate of drug-likeness (QED) is 0.117. The zero-order chi connectivity index (χ0) is 29.2. The minimum atomic E-state index is -2.94. The largest absolute Gasteiger partial charge is 0.698 e. The number of hydrogen-bond acceptors (Lipinski definition) is 7. The molecule has 0 unspecified atom stereocenters. The fourth-order valence-corrected chi connectivity index (χ4v) is 4.98. The van der Waals surface area contributed by atoms with Gasteiger partial charge in [0.05, 0.1) is 11.1 Å². The molecule has 4 aromatic carbocycles. The SMILES string of the molecule is O=C(CO[P+](=O)OCC(=O)c1cc2cc(-c3ccccc3)oc2cc1F)c1cc2cc(-c3ccccc3)oc2cc1F. The third-order valence-corrected chi connectivity index (χ3v) is 7.21. The molecule has 0 saturated carbocycles. The van der Waals surface area contributed by atoms with Crippen LogP contribution >= 0.6 is 8.25 Å². The number of fused-ring (bicyclic) bond motifs is 2. The lowest BCUT2D eigenvalue weighted by Gasteiger charge is -2.01. The number of ketones is 2. The molecule has 10 heteroatoms. The molecule has 0 aliphatic carbocycles. The first kappa shape index (κ1) is 27.4. The van der Waals surface area contributed by atoms with Crippen molar-refractivity contribution < 1.29 is 40.8 Å². The van der Waals surface area contributed by atoms with Crippen LogP contribution in [0.25, 0.3) is 44.6 Å². The number of benzene rings is 4. The van der Waals surface area contributed by atoms with Crippen LogP contribution < -0.4 is 0 Å². The zero-order valence-electron chi connectivity index (χ0n) is 21.7. The predicted octanol–water partition coefficient (Wildman–Crippen LogP) is 8.55. The number of halogens is 2.